The molecule has 0 aliphatic carbocycles. The average Bonchev–Trinajstić information content (AvgIpc) is 3.06. The minimum atomic E-state index is 0.338. The lowest BCUT2D eigenvalue weighted by Crippen LogP contribution is -2.24. The summed E-state index contributed by atoms with van der Waals surface area (Å²) in [6.45, 7) is 2.53. The number of benzene rings is 1. The van der Waals surface area contributed by atoms with Gasteiger partial charge in [0.25, 0.3) is 0 Å². The average molecular weight is 258 g/mol. The second kappa shape index (κ2) is 5.26. The van der Waals surface area contributed by atoms with E-state index in [9.17, 15) is 0 Å². The first-order valence-electron chi connectivity index (χ1n) is 6.59. The van der Waals surface area contributed by atoms with Crippen LogP contribution < -0.4 is 14.9 Å². The molecular weight excluding hydrogens is 240 g/mol. The Hall–Kier alpha value is -2.10. The first-order valence-corrected chi connectivity index (χ1v) is 6.59. The van der Waals surface area contributed by atoms with Gasteiger partial charge in [-0.3, -0.25) is 4.68 Å². The molecule has 0 spiro atoms. The Labute approximate surface area is 112 Å². The molecule has 0 bridgehead atoms. The second-order valence-electron chi connectivity index (χ2n) is 4.85. The molecule has 2 aromatic rings. The monoisotopic (exact) mass is 258 g/mol. The Morgan fingerprint density at radius 1 is 1.21 bits per heavy atom. The number of ether oxygens (including phenoxy) is 2. The van der Waals surface area contributed by atoms with Crippen LogP contribution in [-0.2, 0) is 6.42 Å². The van der Waals surface area contributed by atoms with Crippen LogP contribution in [0.1, 0.15) is 18.9 Å². The minimum Gasteiger partial charge on any atom is -0.454 e. The van der Waals surface area contributed by atoms with Crippen molar-refractivity contribution in [2.75, 3.05) is 12.2 Å². The maximum atomic E-state index is 5.39. The predicted molar refractivity (Wildman–Crippen MR) is 74.1 cm³/mol. The van der Waals surface area contributed by atoms with E-state index in [2.05, 4.69) is 24.5 Å². The standard InChI is InChI=1S/C15H18N2O2/c1-12(16-17-8-2-3-9-17)4-5-13-6-7-14-15(10-13)19-11-18-14/h2-3,6-10,12,16H,4-5,11H2,1H3. The number of aryl methyl sites for hydroxylation is 1. The second-order valence-corrected chi connectivity index (χ2v) is 4.85. The van der Waals surface area contributed by atoms with Crippen molar-refractivity contribution >= 4 is 0 Å². The highest BCUT2D eigenvalue weighted by atomic mass is 16.7. The van der Waals surface area contributed by atoms with E-state index in [1.807, 2.05) is 35.3 Å². The van der Waals surface area contributed by atoms with Crippen LogP contribution in [0.15, 0.2) is 42.7 Å². The molecule has 100 valence electrons. The van der Waals surface area contributed by atoms with Crippen molar-refractivity contribution in [1.29, 1.82) is 0 Å². The predicted octanol–water partition coefficient (Wildman–Crippen LogP) is 2.78. The molecule has 4 nitrogen and oxygen atoms in total. The van der Waals surface area contributed by atoms with E-state index < -0.39 is 0 Å². The maximum absolute atomic E-state index is 5.39. The van der Waals surface area contributed by atoms with Crippen molar-refractivity contribution in [3.8, 4) is 11.5 Å². The van der Waals surface area contributed by atoms with E-state index in [4.69, 9.17) is 9.47 Å². The van der Waals surface area contributed by atoms with Gasteiger partial charge in [0.2, 0.25) is 6.79 Å². The molecule has 1 aromatic carbocycles. The molecule has 0 saturated heterocycles. The molecule has 1 atom stereocenters. The summed E-state index contributed by atoms with van der Waals surface area (Å²) in [5, 5.41) is 0. The van der Waals surface area contributed by atoms with Crippen molar-refractivity contribution < 1.29 is 9.47 Å². The quantitative estimate of drug-likeness (QED) is 0.895. The van der Waals surface area contributed by atoms with Gasteiger partial charge in [-0.05, 0) is 49.6 Å². The van der Waals surface area contributed by atoms with E-state index in [0.717, 1.165) is 24.3 Å². The molecule has 1 aliphatic rings. The van der Waals surface area contributed by atoms with E-state index in [-0.39, 0.29) is 0 Å². The first-order chi connectivity index (χ1) is 9.31. The van der Waals surface area contributed by atoms with E-state index in [1.54, 1.807) is 0 Å². The maximum Gasteiger partial charge on any atom is 0.231 e. The molecule has 1 unspecified atom stereocenters. The molecule has 1 aliphatic heterocycles. The highest BCUT2D eigenvalue weighted by molar-refractivity contribution is 5.44. The third kappa shape index (κ3) is 2.84. The lowest BCUT2D eigenvalue weighted by Gasteiger charge is -2.16. The molecule has 0 radical (unpaired) electrons. The summed E-state index contributed by atoms with van der Waals surface area (Å²) in [7, 11) is 0. The van der Waals surface area contributed by atoms with E-state index in [1.165, 1.54) is 5.56 Å². The van der Waals surface area contributed by atoms with Gasteiger partial charge in [-0.1, -0.05) is 6.07 Å². The number of nitrogens with zero attached hydrogens (tertiary/aromatic N) is 1. The highest BCUT2D eigenvalue weighted by Crippen LogP contribution is 2.32. The van der Waals surface area contributed by atoms with Crippen molar-refractivity contribution in [1.82, 2.24) is 4.68 Å². The van der Waals surface area contributed by atoms with Crippen molar-refractivity contribution in [3.05, 3.63) is 48.3 Å². The van der Waals surface area contributed by atoms with Crippen LogP contribution in [-0.4, -0.2) is 17.5 Å². The number of aromatic nitrogens is 1. The first kappa shape index (κ1) is 12.0. The molecule has 1 aromatic heterocycles. The van der Waals surface area contributed by atoms with Gasteiger partial charge in [0.15, 0.2) is 11.5 Å². The van der Waals surface area contributed by atoms with Gasteiger partial charge in [-0.15, -0.1) is 0 Å². The summed E-state index contributed by atoms with van der Waals surface area (Å²) in [5.41, 5.74) is 4.69. The summed E-state index contributed by atoms with van der Waals surface area (Å²) in [4.78, 5) is 0. The molecular formula is C15H18N2O2. The SMILES string of the molecule is CC(CCc1ccc2c(c1)OCO2)Nn1cccc1. The molecule has 0 saturated carbocycles. The fourth-order valence-electron chi connectivity index (χ4n) is 2.22. The fourth-order valence-corrected chi connectivity index (χ4v) is 2.22. The summed E-state index contributed by atoms with van der Waals surface area (Å²) in [6, 6.07) is 10.6. The molecule has 1 N–H and O–H groups in total. The van der Waals surface area contributed by atoms with Crippen molar-refractivity contribution in [2.45, 2.75) is 25.8 Å². The smallest absolute Gasteiger partial charge is 0.231 e. The Morgan fingerprint density at radius 3 is 2.84 bits per heavy atom. The number of fused-ring (bicyclic) bond motifs is 1. The lowest BCUT2D eigenvalue weighted by atomic mass is 10.1. The van der Waals surface area contributed by atoms with Crippen molar-refractivity contribution in [3.63, 3.8) is 0 Å². The lowest BCUT2D eigenvalue weighted by molar-refractivity contribution is 0.174. The molecule has 0 amide bonds. The summed E-state index contributed by atoms with van der Waals surface area (Å²) >= 11 is 0. The van der Waals surface area contributed by atoms with Crippen LogP contribution in [0.5, 0.6) is 11.5 Å². The largest absolute Gasteiger partial charge is 0.454 e. The minimum absolute atomic E-state index is 0.338. The number of hydrogen-bond acceptors (Lipinski definition) is 3. The van der Waals surface area contributed by atoms with Crippen LogP contribution in [0, 0.1) is 0 Å². The zero-order valence-corrected chi connectivity index (χ0v) is 11.0. The third-order valence-corrected chi connectivity index (χ3v) is 3.28. The molecule has 4 heteroatoms. The zero-order valence-electron chi connectivity index (χ0n) is 11.0. The van der Waals surface area contributed by atoms with Crippen LogP contribution >= 0.6 is 0 Å². The third-order valence-electron chi connectivity index (χ3n) is 3.28. The summed E-state index contributed by atoms with van der Waals surface area (Å²) in [5.74, 6) is 1.71. The van der Waals surface area contributed by atoms with Crippen molar-refractivity contribution in [2.24, 2.45) is 0 Å². The Balaban J connectivity index is 1.54. The van der Waals surface area contributed by atoms with Gasteiger partial charge in [-0.2, -0.15) is 0 Å². The van der Waals surface area contributed by atoms with Gasteiger partial charge in [0.05, 0.1) is 0 Å². The topological polar surface area (TPSA) is 35.4 Å². The summed E-state index contributed by atoms with van der Waals surface area (Å²) < 4.78 is 12.7. The normalized spacial score (nSPS) is 14.4. The van der Waals surface area contributed by atoms with Crippen LogP contribution in [0.25, 0.3) is 0 Å². The van der Waals surface area contributed by atoms with Gasteiger partial charge >= 0.3 is 0 Å². The fraction of sp³-hybridized carbons (Fsp3) is 0.333. The van der Waals surface area contributed by atoms with Gasteiger partial charge < -0.3 is 14.9 Å². The Bertz CT molecular complexity index is 537. The van der Waals surface area contributed by atoms with Crippen LogP contribution in [0.2, 0.25) is 0 Å². The van der Waals surface area contributed by atoms with Gasteiger partial charge in [0, 0.05) is 18.4 Å². The van der Waals surface area contributed by atoms with E-state index in [0.29, 0.717) is 12.8 Å². The summed E-state index contributed by atoms with van der Waals surface area (Å²) in [6.07, 6.45) is 6.11. The number of hydrogen-bond donors (Lipinski definition) is 1. The Morgan fingerprint density at radius 2 is 2.00 bits per heavy atom. The van der Waals surface area contributed by atoms with Gasteiger partial charge in [0.1, 0.15) is 0 Å². The molecule has 3 rings (SSSR count). The molecule has 2 heterocycles. The number of rotatable bonds is 5. The highest BCUT2D eigenvalue weighted by Gasteiger charge is 2.13. The van der Waals surface area contributed by atoms with Crippen LogP contribution in [0.4, 0.5) is 0 Å². The number of nitrogens with one attached hydrogen (secondary N) is 1. The zero-order chi connectivity index (χ0) is 13.1. The molecule has 19 heavy (non-hydrogen) atoms. The van der Waals surface area contributed by atoms with Gasteiger partial charge in [-0.25, -0.2) is 0 Å². The van der Waals surface area contributed by atoms with E-state index >= 15 is 0 Å². The Kier molecular flexibility index (Phi) is 3.31. The molecule has 0 fully saturated rings. The van der Waals surface area contributed by atoms with Crippen LogP contribution in [0.3, 0.4) is 0 Å².